The minimum absolute atomic E-state index is 0.0212. The fourth-order valence-corrected chi connectivity index (χ4v) is 10.0. The maximum Gasteiger partial charge on any atom is 0.0563 e. The molecule has 0 amide bonds. The normalized spacial score (nSPS) is 16.2. The van der Waals surface area contributed by atoms with E-state index >= 15 is 0 Å². The molecule has 0 bridgehead atoms. The number of hydrogen-bond acceptors (Lipinski definition) is 2. The molecule has 1 atom stereocenters. The van der Waals surface area contributed by atoms with E-state index in [9.17, 15) is 0 Å². The molecule has 1 heterocycles. The minimum atomic E-state index is -0.0212. The van der Waals surface area contributed by atoms with Crippen molar-refractivity contribution in [3.63, 3.8) is 0 Å². The summed E-state index contributed by atoms with van der Waals surface area (Å²) in [6, 6.07) is 58.4. The van der Waals surface area contributed by atoms with Crippen LogP contribution in [0.1, 0.15) is 31.4 Å². The lowest BCUT2D eigenvalue weighted by Gasteiger charge is -2.37. The largest absolute Gasteiger partial charge is 0.334 e. The molecule has 0 fully saturated rings. The Bertz CT molecular complexity index is 2690. The molecule has 1 nitrogen and oxygen atoms in total. The highest BCUT2D eigenvalue weighted by atomic mass is 32.1. The van der Waals surface area contributed by atoms with Crippen molar-refractivity contribution in [3.05, 3.63) is 187 Å². The van der Waals surface area contributed by atoms with Crippen LogP contribution in [-0.2, 0) is 5.41 Å². The lowest BCUT2D eigenvalue weighted by Crippen LogP contribution is -2.33. The van der Waals surface area contributed by atoms with Crippen LogP contribution in [0.3, 0.4) is 0 Å². The van der Waals surface area contributed by atoms with Gasteiger partial charge in [0.15, 0.2) is 0 Å². The van der Waals surface area contributed by atoms with Crippen molar-refractivity contribution in [1.82, 2.24) is 0 Å². The van der Waals surface area contributed by atoms with Crippen LogP contribution in [0.5, 0.6) is 0 Å². The van der Waals surface area contributed by atoms with Crippen molar-refractivity contribution < 1.29 is 0 Å². The van der Waals surface area contributed by atoms with Gasteiger partial charge in [0.1, 0.15) is 0 Å². The van der Waals surface area contributed by atoms with Crippen LogP contribution in [0.25, 0.3) is 58.8 Å². The molecule has 2 heteroatoms. The van der Waals surface area contributed by atoms with E-state index in [0.717, 1.165) is 6.42 Å². The predicted octanol–water partition coefficient (Wildman–Crippen LogP) is 13.8. The Morgan fingerprint density at radius 1 is 0.549 bits per heavy atom. The first kappa shape index (κ1) is 30.2. The van der Waals surface area contributed by atoms with Crippen molar-refractivity contribution in [1.29, 1.82) is 0 Å². The summed E-state index contributed by atoms with van der Waals surface area (Å²) in [5.74, 6) is 0. The second kappa shape index (κ2) is 11.7. The number of rotatable bonds is 5. The first-order valence-electron chi connectivity index (χ1n) is 17.9. The van der Waals surface area contributed by atoms with Crippen molar-refractivity contribution in [2.24, 2.45) is 0 Å². The van der Waals surface area contributed by atoms with Gasteiger partial charge in [-0.3, -0.25) is 0 Å². The van der Waals surface area contributed by atoms with Crippen molar-refractivity contribution >= 4 is 59.2 Å². The predicted molar refractivity (Wildman–Crippen MR) is 220 cm³/mol. The maximum absolute atomic E-state index is 2.60. The van der Waals surface area contributed by atoms with Gasteiger partial charge >= 0.3 is 0 Å². The summed E-state index contributed by atoms with van der Waals surface area (Å²) < 4.78 is 2.69. The highest BCUT2D eigenvalue weighted by Gasteiger charge is 2.40. The molecule has 8 aromatic rings. The molecule has 1 aromatic heterocycles. The zero-order chi connectivity index (χ0) is 34.1. The van der Waals surface area contributed by atoms with Crippen LogP contribution in [0.15, 0.2) is 175 Å². The lowest BCUT2D eigenvalue weighted by molar-refractivity contribution is 0.585. The molecule has 0 spiro atoms. The van der Waals surface area contributed by atoms with E-state index in [1.165, 1.54) is 86.8 Å². The van der Waals surface area contributed by atoms with E-state index in [1.807, 2.05) is 11.3 Å². The quantitative estimate of drug-likeness (QED) is 0.176. The van der Waals surface area contributed by atoms with Crippen molar-refractivity contribution in [3.8, 4) is 22.3 Å². The van der Waals surface area contributed by atoms with Gasteiger partial charge < -0.3 is 4.90 Å². The number of benzene rings is 7. The van der Waals surface area contributed by atoms with E-state index in [4.69, 9.17) is 0 Å². The Morgan fingerprint density at radius 2 is 1.22 bits per heavy atom. The number of nitrogens with zero attached hydrogens (tertiary/aromatic N) is 1. The lowest BCUT2D eigenvalue weighted by atomic mass is 9.77. The molecule has 7 aromatic carbocycles. The Labute approximate surface area is 303 Å². The van der Waals surface area contributed by atoms with E-state index < -0.39 is 0 Å². The number of thiophene rings is 1. The molecule has 0 aliphatic heterocycles. The van der Waals surface area contributed by atoms with E-state index in [2.05, 4.69) is 189 Å². The number of fused-ring (bicyclic) bond motifs is 6. The average Bonchev–Trinajstić information content (AvgIpc) is 3.68. The zero-order valence-corrected chi connectivity index (χ0v) is 29.6. The third kappa shape index (κ3) is 4.74. The Kier molecular flexibility index (Phi) is 6.91. The van der Waals surface area contributed by atoms with Crippen LogP contribution >= 0.6 is 11.3 Å². The van der Waals surface area contributed by atoms with Gasteiger partial charge in [0.2, 0.25) is 0 Å². The number of anilines is 2. The molecule has 51 heavy (non-hydrogen) atoms. The number of allylic oxidation sites excluding steroid dienone is 2. The first-order valence-corrected chi connectivity index (χ1v) is 18.8. The average molecular weight is 672 g/mol. The molecule has 244 valence electrons. The standard InChI is InChI=1S/C49H37NS/c1-49(2)44-21-10-8-16-39(44)40-28-27-35(31-45(40)49)50(46-30-29-36(32-13-4-3-5-14-32)38-15-6-7-17-41(38)46)34-25-23-33(24-26-34)37-19-12-20-43-42-18-9-11-22-47(42)51-48(37)43/h3-30,35H,31H2,1-2H3. The fourth-order valence-electron chi connectivity index (χ4n) is 8.79. The molecule has 0 radical (unpaired) electrons. The van der Waals surface area contributed by atoms with E-state index in [-0.39, 0.29) is 11.5 Å². The smallest absolute Gasteiger partial charge is 0.0563 e. The third-order valence-corrected chi connectivity index (χ3v) is 12.5. The van der Waals surface area contributed by atoms with Crippen LogP contribution in [0.4, 0.5) is 11.4 Å². The fraction of sp³-hybridized carbons (Fsp3) is 0.102. The first-order chi connectivity index (χ1) is 25.1. The summed E-state index contributed by atoms with van der Waals surface area (Å²) in [6.45, 7) is 4.81. The molecule has 0 saturated carbocycles. The second-order valence-corrected chi connectivity index (χ2v) is 15.5. The monoisotopic (exact) mass is 671 g/mol. The molecular weight excluding hydrogens is 635 g/mol. The van der Waals surface area contributed by atoms with E-state index in [1.54, 1.807) is 0 Å². The Hall–Kier alpha value is -5.70. The Morgan fingerprint density at radius 3 is 2.06 bits per heavy atom. The molecule has 0 N–H and O–H groups in total. The summed E-state index contributed by atoms with van der Waals surface area (Å²) >= 11 is 1.89. The summed E-state index contributed by atoms with van der Waals surface area (Å²) in [7, 11) is 0. The van der Waals surface area contributed by atoms with Crippen molar-refractivity contribution in [2.45, 2.75) is 31.7 Å². The molecule has 0 saturated heterocycles. The summed E-state index contributed by atoms with van der Waals surface area (Å²) in [4.78, 5) is 2.60. The topological polar surface area (TPSA) is 3.24 Å². The molecule has 1 unspecified atom stereocenters. The van der Waals surface area contributed by atoms with Crippen LogP contribution in [-0.4, -0.2) is 6.04 Å². The highest BCUT2D eigenvalue weighted by molar-refractivity contribution is 7.26. The van der Waals surface area contributed by atoms with Gasteiger partial charge in [-0.1, -0.05) is 159 Å². The van der Waals surface area contributed by atoms with Gasteiger partial charge in [-0.05, 0) is 80.6 Å². The molecule has 2 aliphatic carbocycles. The van der Waals surface area contributed by atoms with Crippen LogP contribution < -0.4 is 4.90 Å². The Balaban J connectivity index is 1.12. The molecular formula is C49H37NS. The second-order valence-electron chi connectivity index (χ2n) is 14.4. The molecule has 10 rings (SSSR count). The van der Waals surface area contributed by atoms with Gasteiger partial charge in [0.05, 0.1) is 6.04 Å². The van der Waals surface area contributed by atoms with Crippen LogP contribution in [0.2, 0.25) is 0 Å². The summed E-state index contributed by atoms with van der Waals surface area (Å²) in [5, 5.41) is 5.20. The zero-order valence-electron chi connectivity index (χ0n) is 28.8. The highest BCUT2D eigenvalue weighted by Crippen LogP contribution is 2.52. The summed E-state index contributed by atoms with van der Waals surface area (Å²) in [5.41, 5.74) is 13.2. The molecule has 2 aliphatic rings. The van der Waals surface area contributed by atoms with Gasteiger partial charge in [0.25, 0.3) is 0 Å². The van der Waals surface area contributed by atoms with Gasteiger partial charge in [-0.2, -0.15) is 0 Å². The number of hydrogen-bond donors (Lipinski definition) is 0. The minimum Gasteiger partial charge on any atom is -0.334 e. The SMILES string of the molecule is CC1(C)C2=C(C=CC(N(c3ccc(-c4cccc5c4sc4ccccc45)cc3)c3ccc(-c4ccccc4)c4ccccc34)C2)c2ccccc21. The van der Waals surface area contributed by atoms with Crippen LogP contribution in [0, 0.1) is 0 Å². The van der Waals surface area contributed by atoms with Gasteiger partial charge in [-0.15, -0.1) is 11.3 Å². The van der Waals surface area contributed by atoms with Gasteiger partial charge in [-0.25, -0.2) is 0 Å². The van der Waals surface area contributed by atoms with Gasteiger partial charge in [0, 0.05) is 42.3 Å². The van der Waals surface area contributed by atoms with Crippen molar-refractivity contribution in [2.75, 3.05) is 4.90 Å². The van der Waals surface area contributed by atoms with E-state index in [0.29, 0.717) is 0 Å². The third-order valence-electron chi connectivity index (χ3n) is 11.3. The summed E-state index contributed by atoms with van der Waals surface area (Å²) in [6.07, 6.45) is 5.81. The maximum atomic E-state index is 2.60.